The van der Waals surface area contributed by atoms with Crippen LogP contribution >= 0.6 is 0 Å². The molecule has 0 atom stereocenters. The topological polar surface area (TPSA) is 2.70 Å². The van der Waals surface area contributed by atoms with E-state index >= 15 is 0 Å². The molecule has 0 radical (unpaired) electrons. The number of allylic oxidation sites excluding steroid dienone is 2. The molecule has 3 aromatic carbocycles. The zero-order chi connectivity index (χ0) is 16.2. The molecule has 1 aliphatic rings. The molecule has 0 aromatic heterocycles. The van der Waals surface area contributed by atoms with Gasteiger partial charge in [0.25, 0.3) is 5.75 Å². The molecule has 4 rings (SSSR count). The average Bonchev–Trinajstić information content (AvgIpc) is 2.70. The third kappa shape index (κ3) is 3.02. The fourth-order valence-electron chi connectivity index (χ4n) is 2.97. The van der Waals surface area contributed by atoms with Gasteiger partial charge in [0.05, 0.1) is 5.57 Å². The van der Waals surface area contributed by atoms with Crippen LogP contribution < -0.4 is 0 Å². The van der Waals surface area contributed by atoms with Crippen LogP contribution in [0.5, 0.6) is 5.75 Å². The van der Waals surface area contributed by atoms with Crippen molar-refractivity contribution in [2.24, 2.45) is 0 Å². The van der Waals surface area contributed by atoms with Crippen molar-refractivity contribution in [2.45, 2.75) is 0 Å². The zero-order valence-electron chi connectivity index (χ0n) is 13.4. The number of rotatable bonds is 3. The zero-order valence-corrected chi connectivity index (χ0v) is 13.4. The van der Waals surface area contributed by atoms with Gasteiger partial charge in [-0.05, 0) is 17.2 Å². The van der Waals surface area contributed by atoms with Crippen molar-refractivity contribution in [3.63, 3.8) is 0 Å². The standard InChI is InChI=1S/C23H19O/c1-4-10-19(11-5-1)21-16-22(20-12-6-2-7-13-20)18-24(17-21)23-14-8-3-9-15-23/h1-17H,18H2/q+1. The smallest absolute Gasteiger partial charge is 0.261 e. The van der Waals surface area contributed by atoms with Crippen LogP contribution in [0.1, 0.15) is 11.1 Å². The van der Waals surface area contributed by atoms with Crippen LogP contribution in [-0.2, 0) is 4.37 Å². The lowest BCUT2D eigenvalue weighted by molar-refractivity contribution is 0.0684. The molecule has 0 N–H and O–H groups in total. The molecule has 24 heavy (non-hydrogen) atoms. The second kappa shape index (κ2) is 6.59. The molecule has 0 unspecified atom stereocenters. The maximum atomic E-state index is 3.28. The Balaban J connectivity index is 1.79. The predicted octanol–water partition coefficient (Wildman–Crippen LogP) is 6.09. The molecule has 1 heteroatoms. The predicted molar refractivity (Wildman–Crippen MR) is 101 cm³/mol. The maximum absolute atomic E-state index is 3.28. The first-order valence-electron chi connectivity index (χ1n) is 8.18. The first-order valence-corrected chi connectivity index (χ1v) is 8.18. The van der Waals surface area contributed by atoms with Gasteiger partial charge in [0.15, 0.2) is 0 Å². The fraction of sp³-hybridized carbons (Fsp3) is 0.0435. The largest absolute Gasteiger partial charge is 0.537 e. The minimum Gasteiger partial charge on any atom is -0.537 e. The Bertz CT molecular complexity index is 862. The highest BCUT2D eigenvalue weighted by molar-refractivity contribution is 5.85. The number of para-hydroxylation sites is 1. The molecule has 1 heterocycles. The van der Waals surface area contributed by atoms with Crippen LogP contribution in [0.25, 0.3) is 11.1 Å². The average molecular weight is 311 g/mol. The summed E-state index contributed by atoms with van der Waals surface area (Å²) in [6.07, 6.45) is 4.45. The summed E-state index contributed by atoms with van der Waals surface area (Å²) >= 11 is 0. The number of hydrogen-bond acceptors (Lipinski definition) is 0. The van der Waals surface area contributed by atoms with Crippen LogP contribution in [0.4, 0.5) is 0 Å². The lowest BCUT2D eigenvalue weighted by Gasteiger charge is -2.25. The summed E-state index contributed by atoms with van der Waals surface area (Å²) in [5.74, 6) is 1.13. The molecule has 1 aliphatic heterocycles. The molecule has 0 bridgehead atoms. The summed E-state index contributed by atoms with van der Waals surface area (Å²) < 4.78 is 3.28. The summed E-state index contributed by atoms with van der Waals surface area (Å²) in [4.78, 5) is 0. The van der Waals surface area contributed by atoms with Gasteiger partial charge in [-0.3, -0.25) is 0 Å². The third-order valence-corrected chi connectivity index (χ3v) is 4.21. The highest BCUT2D eigenvalue weighted by atomic mass is 16.7. The maximum Gasteiger partial charge on any atom is 0.261 e. The first kappa shape index (κ1) is 14.5. The second-order valence-corrected chi connectivity index (χ2v) is 5.86. The summed E-state index contributed by atoms with van der Waals surface area (Å²) in [5, 5.41) is 0. The van der Waals surface area contributed by atoms with E-state index < -0.39 is 0 Å². The lowest BCUT2D eigenvalue weighted by Crippen LogP contribution is -2.10. The molecule has 3 aromatic rings. The highest BCUT2D eigenvalue weighted by Crippen LogP contribution is 2.36. The fourth-order valence-corrected chi connectivity index (χ4v) is 2.97. The second-order valence-electron chi connectivity index (χ2n) is 5.86. The molecule has 0 fully saturated rings. The first-order chi connectivity index (χ1) is 11.9. The summed E-state index contributed by atoms with van der Waals surface area (Å²) in [6.45, 7) is 0.796. The van der Waals surface area contributed by atoms with Crippen molar-refractivity contribution in [1.82, 2.24) is 0 Å². The Morgan fingerprint density at radius 3 is 1.75 bits per heavy atom. The summed E-state index contributed by atoms with van der Waals surface area (Å²) in [6, 6.07) is 31.5. The van der Waals surface area contributed by atoms with Gasteiger partial charge in [-0.25, -0.2) is 0 Å². The summed E-state index contributed by atoms with van der Waals surface area (Å²) in [5.41, 5.74) is 4.98. The Kier molecular flexibility index (Phi) is 3.99. The van der Waals surface area contributed by atoms with Crippen LogP contribution in [0.3, 0.4) is 0 Å². The molecule has 0 saturated heterocycles. The van der Waals surface area contributed by atoms with Crippen LogP contribution in [0, 0.1) is 0 Å². The molecule has 0 aliphatic carbocycles. The molecular formula is C23H19O+. The van der Waals surface area contributed by atoms with Gasteiger partial charge in [0.1, 0.15) is 0 Å². The Labute approximate surface area is 142 Å². The van der Waals surface area contributed by atoms with E-state index in [-0.39, 0.29) is 0 Å². The molecule has 0 saturated carbocycles. The quantitative estimate of drug-likeness (QED) is 0.515. The van der Waals surface area contributed by atoms with Gasteiger partial charge in [-0.1, -0.05) is 78.9 Å². The van der Waals surface area contributed by atoms with Crippen molar-refractivity contribution < 1.29 is 4.37 Å². The van der Waals surface area contributed by atoms with E-state index in [1.54, 1.807) is 0 Å². The Hall–Kier alpha value is -3.06. The van der Waals surface area contributed by atoms with Gasteiger partial charge >= 0.3 is 0 Å². The molecule has 116 valence electrons. The van der Waals surface area contributed by atoms with Crippen LogP contribution in [-0.4, -0.2) is 6.61 Å². The van der Waals surface area contributed by atoms with Gasteiger partial charge in [0, 0.05) is 17.7 Å². The van der Waals surface area contributed by atoms with Gasteiger partial charge in [0.2, 0.25) is 12.9 Å². The van der Waals surface area contributed by atoms with Crippen molar-refractivity contribution >= 4 is 11.1 Å². The SMILES string of the molecule is C1=C(c2ccccc2)C=C(c2ccccc2)C[O+]1c1ccccc1. The van der Waals surface area contributed by atoms with E-state index in [1.165, 1.54) is 22.3 Å². The van der Waals surface area contributed by atoms with Gasteiger partial charge in [-0.15, -0.1) is 0 Å². The van der Waals surface area contributed by atoms with E-state index in [0.717, 1.165) is 12.4 Å². The summed E-state index contributed by atoms with van der Waals surface area (Å²) in [7, 11) is 0. The van der Waals surface area contributed by atoms with E-state index in [1.807, 2.05) is 6.07 Å². The van der Waals surface area contributed by atoms with Gasteiger partial charge in [-0.2, -0.15) is 0 Å². The van der Waals surface area contributed by atoms with Crippen molar-refractivity contribution in [3.8, 4) is 5.75 Å². The van der Waals surface area contributed by atoms with E-state index in [9.17, 15) is 0 Å². The normalized spacial score (nSPS) is 14.1. The van der Waals surface area contributed by atoms with Crippen LogP contribution in [0.15, 0.2) is 103 Å². The number of hydrogen-bond donors (Lipinski definition) is 0. The van der Waals surface area contributed by atoms with E-state index in [0.29, 0.717) is 0 Å². The van der Waals surface area contributed by atoms with Crippen molar-refractivity contribution in [3.05, 3.63) is 114 Å². The Morgan fingerprint density at radius 2 is 1.12 bits per heavy atom. The van der Waals surface area contributed by atoms with Crippen molar-refractivity contribution in [2.75, 3.05) is 6.61 Å². The lowest BCUT2D eigenvalue weighted by atomic mass is 9.98. The van der Waals surface area contributed by atoms with E-state index in [4.69, 9.17) is 0 Å². The number of benzene rings is 3. The third-order valence-electron chi connectivity index (χ3n) is 4.21. The monoisotopic (exact) mass is 311 g/mol. The molecule has 0 amide bonds. The van der Waals surface area contributed by atoms with E-state index in [2.05, 4.69) is 102 Å². The minimum absolute atomic E-state index is 0.796. The Morgan fingerprint density at radius 1 is 0.583 bits per heavy atom. The minimum atomic E-state index is 0.796. The molecule has 1 nitrogen and oxygen atoms in total. The molecule has 0 spiro atoms. The van der Waals surface area contributed by atoms with Gasteiger partial charge < -0.3 is 4.37 Å². The molecular weight excluding hydrogens is 292 g/mol. The van der Waals surface area contributed by atoms with Crippen LogP contribution in [0.2, 0.25) is 0 Å². The highest BCUT2D eigenvalue weighted by Gasteiger charge is 2.21. The van der Waals surface area contributed by atoms with Crippen molar-refractivity contribution in [1.29, 1.82) is 0 Å².